The molecule has 0 radical (unpaired) electrons. The van der Waals surface area contributed by atoms with Crippen LogP contribution in [0.4, 0.5) is 8.78 Å². The predicted octanol–water partition coefficient (Wildman–Crippen LogP) is 6.23. The van der Waals surface area contributed by atoms with Gasteiger partial charge < -0.3 is 15.0 Å². The zero-order valence-corrected chi connectivity index (χ0v) is 24.5. The molecule has 1 fully saturated rings. The zero-order chi connectivity index (χ0) is 29.1. The number of amides is 1. The number of carbonyl (C=O) groups is 2. The lowest BCUT2D eigenvalue weighted by Crippen LogP contribution is -2.39. The molecular weight excluding hydrogens is 524 g/mol. The molecule has 1 aromatic heterocycles. The van der Waals surface area contributed by atoms with Gasteiger partial charge in [-0.25, -0.2) is 17.7 Å². The van der Waals surface area contributed by atoms with Crippen LogP contribution in [0.5, 0.6) is 0 Å². The van der Waals surface area contributed by atoms with Crippen LogP contribution in [0, 0.1) is 18.3 Å². The number of rotatable bonds is 10. The number of aromatic nitrogens is 1. The third kappa shape index (κ3) is 7.75. The smallest absolute Gasteiger partial charge is 0.310 e. The highest BCUT2D eigenvalue weighted by atomic mass is 32.2. The van der Waals surface area contributed by atoms with Crippen LogP contribution < -0.4 is 10.0 Å². The monoisotopic (exact) mass is 565 g/mol. The van der Waals surface area contributed by atoms with Gasteiger partial charge in [-0.3, -0.25) is 9.59 Å². The summed E-state index contributed by atoms with van der Waals surface area (Å²) >= 11 is 0. The molecule has 3 rings (SSSR count). The maximum atomic E-state index is 14.2. The average Bonchev–Trinajstić information content (AvgIpc) is 3.17. The molecule has 1 aliphatic carbocycles. The van der Waals surface area contributed by atoms with Crippen molar-refractivity contribution >= 4 is 22.9 Å². The van der Waals surface area contributed by atoms with Gasteiger partial charge in [-0.15, -0.1) is 0 Å². The van der Waals surface area contributed by atoms with Crippen LogP contribution in [-0.4, -0.2) is 37.8 Å². The maximum Gasteiger partial charge on any atom is 0.310 e. The van der Waals surface area contributed by atoms with Crippen molar-refractivity contribution in [1.29, 1.82) is 0 Å². The van der Waals surface area contributed by atoms with E-state index in [0.29, 0.717) is 35.0 Å². The number of halogens is 2. The molecule has 1 aromatic carbocycles. The summed E-state index contributed by atoms with van der Waals surface area (Å²) in [6.07, 6.45) is 2.74. The Bertz CT molecular complexity index is 1230. The number of carboxylic acids is 1. The van der Waals surface area contributed by atoms with Crippen molar-refractivity contribution in [3.05, 3.63) is 41.1 Å². The van der Waals surface area contributed by atoms with Crippen LogP contribution >= 0.6 is 0 Å². The molecule has 0 saturated heterocycles. The third-order valence-electron chi connectivity index (χ3n) is 7.19. The van der Waals surface area contributed by atoms with E-state index < -0.39 is 40.2 Å². The van der Waals surface area contributed by atoms with Crippen molar-refractivity contribution in [1.82, 2.24) is 14.6 Å². The molecule has 1 amide bonds. The van der Waals surface area contributed by atoms with Gasteiger partial charge in [0.05, 0.1) is 15.9 Å². The van der Waals surface area contributed by atoms with Crippen LogP contribution in [0.3, 0.4) is 0 Å². The number of alkyl halides is 2. The van der Waals surface area contributed by atoms with Gasteiger partial charge in [-0.1, -0.05) is 25.3 Å². The van der Waals surface area contributed by atoms with Gasteiger partial charge in [0.2, 0.25) is 0 Å². The Balaban J connectivity index is 2.05. The highest BCUT2D eigenvalue weighted by Gasteiger charge is 2.29. The van der Waals surface area contributed by atoms with Gasteiger partial charge in [0.1, 0.15) is 11.0 Å². The number of aliphatic carboxylic acids is 1. The van der Waals surface area contributed by atoms with Gasteiger partial charge in [0.15, 0.2) is 0 Å². The molecule has 7 nitrogen and oxygen atoms in total. The maximum absolute atomic E-state index is 14.2. The fourth-order valence-corrected chi connectivity index (χ4v) is 6.05. The minimum atomic E-state index is -2.84. The van der Waals surface area contributed by atoms with Crippen molar-refractivity contribution in [2.75, 3.05) is 6.54 Å². The third-order valence-corrected chi connectivity index (χ3v) is 8.75. The molecule has 39 heavy (non-hydrogen) atoms. The fourth-order valence-electron chi connectivity index (χ4n) is 4.83. The number of hydrogen-bond acceptors (Lipinski definition) is 3. The summed E-state index contributed by atoms with van der Waals surface area (Å²) in [6, 6.07) is 6.19. The average molecular weight is 566 g/mol. The SMILES string of the molecule is Cc1c(C(=O)NCC(C)(C)C(=O)O)cc(-c2ccc(S(=O)NC(C)(C)C)c(C(F)F)c2)n1CC1CCCCC1. The summed E-state index contributed by atoms with van der Waals surface area (Å²) in [6.45, 7) is 10.9. The zero-order valence-electron chi connectivity index (χ0n) is 23.7. The molecular formula is C29H41F2N3O4S. The van der Waals surface area contributed by atoms with Crippen molar-refractivity contribution in [3.63, 3.8) is 0 Å². The summed E-state index contributed by atoms with van der Waals surface area (Å²) in [5.41, 5.74) is 0.209. The first-order valence-corrected chi connectivity index (χ1v) is 14.6. The Morgan fingerprint density at radius 1 is 1.10 bits per heavy atom. The molecule has 1 unspecified atom stereocenters. The van der Waals surface area contributed by atoms with Crippen molar-refractivity contribution in [2.24, 2.45) is 11.3 Å². The van der Waals surface area contributed by atoms with Gasteiger partial charge in [-0.2, -0.15) is 0 Å². The van der Waals surface area contributed by atoms with E-state index in [4.69, 9.17) is 0 Å². The number of nitrogens with zero attached hydrogens (tertiary/aromatic N) is 1. The Labute approximate surface area is 232 Å². The quantitative estimate of drug-likeness (QED) is 0.318. The van der Waals surface area contributed by atoms with Gasteiger partial charge in [-0.05, 0) is 84.1 Å². The molecule has 1 atom stereocenters. The van der Waals surface area contributed by atoms with Crippen molar-refractivity contribution < 1.29 is 27.7 Å². The topological polar surface area (TPSA) is 100 Å². The van der Waals surface area contributed by atoms with Crippen LogP contribution in [-0.2, 0) is 22.3 Å². The highest BCUT2D eigenvalue weighted by molar-refractivity contribution is 7.83. The minimum absolute atomic E-state index is 0.0275. The Morgan fingerprint density at radius 2 is 1.74 bits per heavy atom. The summed E-state index contributed by atoms with van der Waals surface area (Å²) in [4.78, 5) is 24.7. The summed E-state index contributed by atoms with van der Waals surface area (Å²) in [7, 11) is -1.83. The van der Waals surface area contributed by atoms with E-state index in [0.717, 1.165) is 25.7 Å². The number of hydrogen-bond donors (Lipinski definition) is 3. The normalized spacial score (nSPS) is 15.9. The first kappa shape index (κ1) is 30.9. The second-order valence-electron chi connectivity index (χ2n) is 12.2. The number of carboxylic acid groups (broad SMARTS) is 1. The summed E-state index contributed by atoms with van der Waals surface area (Å²) in [5.74, 6) is -1.03. The van der Waals surface area contributed by atoms with Crippen LogP contribution in [0.25, 0.3) is 11.3 Å². The molecule has 216 valence electrons. The first-order chi connectivity index (χ1) is 18.1. The first-order valence-electron chi connectivity index (χ1n) is 13.4. The van der Waals surface area contributed by atoms with Crippen LogP contribution in [0.2, 0.25) is 0 Å². The van der Waals surface area contributed by atoms with E-state index in [1.54, 1.807) is 12.1 Å². The van der Waals surface area contributed by atoms with Crippen molar-refractivity contribution in [3.8, 4) is 11.3 Å². The lowest BCUT2D eigenvalue weighted by Gasteiger charge is -2.25. The highest BCUT2D eigenvalue weighted by Crippen LogP contribution is 2.35. The second kappa shape index (κ2) is 12.3. The Morgan fingerprint density at radius 3 is 2.31 bits per heavy atom. The minimum Gasteiger partial charge on any atom is -0.481 e. The Hall–Kier alpha value is -2.59. The van der Waals surface area contributed by atoms with Crippen molar-refractivity contribution in [2.45, 2.75) is 97.1 Å². The van der Waals surface area contributed by atoms with E-state index in [1.165, 1.54) is 32.4 Å². The van der Waals surface area contributed by atoms with Gasteiger partial charge in [0.25, 0.3) is 12.3 Å². The van der Waals surface area contributed by atoms with Gasteiger partial charge >= 0.3 is 5.97 Å². The molecule has 0 aliphatic heterocycles. The van der Waals surface area contributed by atoms with E-state index in [-0.39, 0.29) is 17.0 Å². The molecule has 0 spiro atoms. The predicted molar refractivity (Wildman–Crippen MR) is 149 cm³/mol. The molecule has 0 bridgehead atoms. The summed E-state index contributed by atoms with van der Waals surface area (Å²) in [5, 5.41) is 12.1. The van der Waals surface area contributed by atoms with E-state index in [2.05, 4.69) is 10.0 Å². The molecule has 1 heterocycles. The standard InChI is InChI=1S/C29H41F2N3O4S/c1-18-21(26(35)32-17-29(5,6)27(36)37)15-23(34(18)16-19-10-8-7-9-11-19)20-12-13-24(22(14-20)25(30)31)39(38)33-28(2,3)4/h12-15,19,25,33H,7-11,16-17H2,1-6H3,(H,32,35)(H,36,37). The largest absolute Gasteiger partial charge is 0.481 e. The molecule has 3 N–H and O–H groups in total. The van der Waals surface area contributed by atoms with Crippen LogP contribution in [0.15, 0.2) is 29.2 Å². The lowest BCUT2D eigenvalue weighted by molar-refractivity contribution is -0.146. The fraction of sp³-hybridized carbons (Fsp3) is 0.586. The molecule has 10 heteroatoms. The molecule has 1 saturated carbocycles. The van der Waals surface area contributed by atoms with E-state index >= 15 is 0 Å². The lowest BCUT2D eigenvalue weighted by atomic mass is 9.89. The number of nitrogens with one attached hydrogen (secondary N) is 2. The van der Waals surface area contributed by atoms with Crippen LogP contribution in [0.1, 0.15) is 94.8 Å². The number of benzene rings is 1. The van der Waals surface area contributed by atoms with Gasteiger partial charge in [0, 0.05) is 35.6 Å². The second-order valence-corrected chi connectivity index (χ2v) is 13.4. The molecule has 1 aliphatic rings. The number of carbonyl (C=O) groups excluding carboxylic acids is 1. The molecule has 2 aromatic rings. The summed E-state index contributed by atoms with van der Waals surface area (Å²) < 4.78 is 46.1. The Kier molecular flexibility index (Phi) is 9.75. The van der Waals surface area contributed by atoms with E-state index in [1.807, 2.05) is 32.3 Å². The van der Waals surface area contributed by atoms with E-state index in [9.17, 15) is 27.7 Å².